The van der Waals surface area contributed by atoms with Crippen molar-refractivity contribution in [1.29, 1.82) is 0 Å². The summed E-state index contributed by atoms with van der Waals surface area (Å²) in [7, 11) is 0. The Kier molecular flexibility index (Phi) is 8.20. The minimum Gasteiger partial charge on any atom is -0.353 e. The van der Waals surface area contributed by atoms with E-state index < -0.39 is 0 Å². The molecule has 1 amide bonds. The molecule has 0 aromatic rings. The highest BCUT2D eigenvalue weighted by Crippen LogP contribution is 2.40. The van der Waals surface area contributed by atoms with Crippen LogP contribution < -0.4 is 10.6 Å². The normalized spacial score (nSPS) is 29.0. The van der Waals surface area contributed by atoms with Crippen LogP contribution in [0.4, 0.5) is 0 Å². The van der Waals surface area contributed by atoms with Gasteiger partial charge in [0.05, 0.1) is 0 Å². The van der Waals surface area contributed by atoms with E-state index in [1.165, 1.54) is 38.5 Å². The molecule has 3 nitrogen and oxygen atoms in total. The largest absolute Gasteiger partial charge is 0.353 e. The summed E-state index contributed by atoms with van der Waals surface area (Å²) < 4.78 is 0. The second-order valence-electron chi connectivity index (χ2n) is 7.86. The Bertz CT molecular complexity index is 332. The van der Waals surface area contributed by atoms with Crippen LogP contribution in [0.15, 0.2) is 0 Å². The third-order valence-corrected chi connectivity index (χ3v) is 6.05. The van der Waals surface area contributed by atoms with E-state index in [-0.39, 0.29) is 18.3 Å². The maximum Gasteiger partial charge on any atom is 0.220 e. The standard InChI is InChI=1S/C18H34N2O.ClH/c1-4-18(2,3)15-6-8-16(9-7-15)20-17(21)10-5-14-11-12-19-13-14;/h14-16,19H,4-13H2,1-3H3,(H,20,21);1H. The highest BCUT2D eigenvalue weighted by Gasteiger charge is 2.32. The van der Waals surface area contributed by atoms with Gasteiger partial charge in [0, 0.05) is 12.5 Å². The molecule has 130 valence electrons. The molecule has 1 unspecified atom stereocenters. The Morgan fingerprint density at radius 3 is 2.41 bits per heavy atom. The number of rotatable bonds is 6. The van der Waals surface area contributed by atoms with Gasteiger partial charge in [-0.15, -0.1) is 12.4 Å². The van der Waals surface area contributed by atoms with Gasteiger partial charge in [0.25, 0.3) is 0 Å². The monoisotopic (exact) mass is 330 g/mol. The van der Waals surface area contributed by atoms with Crippen molar-refractivity contribution in [3.05, 3.63) is 0 Å². The molecular weight excluding hydrogens is 296 g/mol. The van der Waals surface area contributed by atoms with Gasteiger partial charge in [-0.3, -0.25) is 4.79 Å². The zero-order chi connectivity index (χ0) is 15.3. The van der Waals surface area contributed by atoms with Crippen molar-refractivity contribution in [1.82, 2.24) is 10.6 Å². The molecule has 2 aliphatic rings. The van der Waals surface area contributed by atoms with Crippen LogP contribution in [0.3, 0.4) is 0 Å². The van der Waals surface area contributed by atoms with Crippen molar-refractivity contribution >= 4 is 18.3 Å². The third-order valence-electron chi connectivity index (χ3n) is 6.05. The fourth-order valence-electron chi connectivity index (χ4n) is 3.90. The summed E-state index contributed by atoms with van der Waals surface area (Å²) in [5, 5.41) is 6.64. The van der Waals surface area contributed by atoms with E-state index in [1.54, 1.807) is 0 Å². The minimum absolute atomic E-state index is 0. The van der Waals surface area contributed by atoms with E-state index in [1.807, 2.05) is 0 Å². The Hall–Kier alpha value is -0.280. The number of carbonyl (C=O) groups is 1. The molecule has 0 aromatic heterocycles. The van der Waals surface area contributed by atoms with Gasteiger partial charge in [-0.1, -0.05) is 27.2 Å². The van der Waals surface area contributed by atoms with Gasteiger partial charge in [-0.05, 0) is 68.9 Å². The summed E-state index contributed by atoms with van der Waals surface area (Å²) in [6.07, 6.45) is 9.16. The number of hydrogen-bond donors (Lipinski definition) is 2. The van der Waals surface area contributed by atoms with Crippen molar-refractivity contribution in [2.75, 3.05) is 13.1 Å². The summed E-state index contributed by atoms with van der Waals surface area (Å²) >= 11 is 0. The number of amides is 1. The van der Waals surface area contributed by atoms with Crippen molar-refractivity contribution in [3.63, 3.8) is 0 Å². The molecule has 1 saturated carbocycles. The second-order valence-corrected chi connectivity index (χ2v) is 7.86. The molecule has 1 saturated heterocycles. The van der Waals surface area contributed by atoms with Gasteiger partial charge in [-0.2, -0.15) is 0 Å². The van der Waals surface area contributed by atoms with Crippen molar-refractivity contribution in [3.8, 4) is 0 Å². The van der Waals surface area contributed by atoms with Crippen LogP contribution in [0.2, 0.25) is 0 Å². The third kappa shape index (κ3) is 5.73. The molecule has 2 rings (SSSR count). The summed E-state index contributed by atoms with van der Waals surface area (Å²) in [4.78, 5) is 12.1. The van der Waals surface area contributed by atoms with Gasteiger partial charge in [0.1, 0.15) is 0 Å². The van der Waals surface area contributed by atoms with Crippen LogP contribution >= 0.6 is 12.4 Å². The summed E-state index contributed by atoms with van der Waals surface area (Å²) in [6.45, 7) is 9.32. The molecule has 1 heterocycles. The van der Waals surface area contributed by atoms with Crippen molar-refractivity contribution in [2.24, 2.45) is 17.3 Å². The van der Waals surface area contributed by atoms with Crippen LogP contribution in [0, 0.1) is 17.3 Å². The minimum atomic E-state index is 0. The zero-order valence-electron chi connectivity index (χ0n) is 14.6. The van der Waals surface area contributed by atoms with Crippen LogP contribution in [0.5, 0.6) is 0 Å². The zero-order valence-corrected chi connectivity index (χ0v) is 15.4. The first kappa shape index (κ1) is 19.8. The molecule has 0 radical (unpaired) electrons. The first-order valence-corrected chi connectivity index (χ1v) is 9.01. The van der Waals surface area contributed by atoms with Crippen molar-refractivity contribution < 1.29 is 4.79 Å². The molecular formula is C18H35ClN2O. The second kappa shape index (κ2) is 9.12. The van der Waals surface area contributed by atoms with E-state index in [0.717, 1.165) is 31.3 Å². The topological polar surface area (TPSA) is 41.1 Å². The average Bonchev–Trinajstić information content (AvgIpc) is 2.99. The van der Waals surface area contributed by atoms with Crippen molar-refractivity contribution in [2.45, 2.75) is 78.2 Å². The van der Waals surface area contributed by atoms with Gasteiger partial charge < -0.3 is 10.6 Å². The molecule has 0 aromatic carbocycles. The van der Waals surface area contributed by atoms with Crippen LogP contribution in [-0.4, -0.2) is 25.0 Å². The summed E-state index contributed by atoms with van der Waals surface area (Å²) in [5.41, 5.74) is 0.463. The lowest BCUT2D eigenvalue weighted by atomic mass is 9.69. The molecule has 0 bridgehead atoms. The quantitative estimate of drug-likeness (QED) is 0.775. The fraction of sp³-hybridized carbons (Fsp3) is 0.944. The average molecular weight is 331 g/mol. The van der Waals surface area contributed by atoms with E-state index in [9.17, 15) is 4.79 Å². The molecule has 2 N–H and O–H groups in total. The summed E-state index contributed by atoms with van der Waals surface area (Å²) in [6, 6.07) is 0.433. The van der Waals surface area contributed by atoms with E-state index in [4.69, 9.17) is 0 Å². The Balaban J connectivity index is 0.00000242. The number of carbonyl (C=O) groups excluding carboxylic acids is 1. The number of hydrogen-bond acceptors (Lipinski definition) is 2. The lowest BCUT2D eigenvalue weighted by Crippen LogP contribution is -2.40. The smallest absolute Gasteiger partial charge is 0.220 e. The predicted molar refractivity (Wildman–Crippen MR) is 95.4 cm³/mol. The maximum atomic E-state index is 12.1. The van der Waals surface area contributed by atoms with Crippen LogP contribution in [-0.2, 0) is 4.79 Å². The molecule has 0 spiro atoms. The van der Waals surface area contributed by atoms with Gasteiger partial charge >= 0.3 is 0 Å². The Morgan fingerprint density at radius 2 is 1.86 bits per heavy atom. The molecule has 4 heteroatoms. The first-order valence-electron chi connectivity index (χ1n) is 9.01. The Morgan fingerprint density at radius 1 is 1.18 bits per heavy atom. The fourth-order valence-corrected chi connectivity index (χ4v) is 3.90. The molecule has 22 heavy (non-hydrogen) atoms. The maximum absolute atomic E-state index is 12.1. The number of halogens is 1. The number of nitrogens with one attached hydrogen (secondary N) is 2. The van der Waals surface area contributed by atoms with Gasteiger partial charge in [-0.25, -0.2) is 0 Å². The lowest BCUT2D eigenvalue weighted by Gasteiger charge is -2.39. The molecule has 1 aliphatic heterocycles. The van der Waals surface area contributed by atoms with Gasteiger partial charge in [0.2, 0.25) is 5.91 Å². The van der Waals surface area contributed by atoms with E-state index in [0.29, 0.717) is 17.9 Å². The van der Waals surface area contributed by atoms with Crippen LogP contribution in [0.1, 0.15) is 72.1 Å². The van der Waals surface area contributed by atoms with E-state index >= 15 is 0 Å². The summed E-state index contributed by atoms with van der Waals surface area (Å²) in [5.74, 6) is 1.83. The first-order chi connectivity index (χ1) is 10.0. The highest BCUT2D eigenvalue weighted by molar-refractivity contribution is 5.85. The SMILES string of the molecule is CCC(C)(C)C1CCC(NC(=O)CCC2CCNC2)CC1.Cl. The Labute approximate surface area is 142 Å². The lowest BCUT2D eigenvalue weighted by molar-refractivity contribution is -0.122. The molecule has 1 atom stereocenters. The van der Waals surface area contributed by atoms with Crippen LogP contribution in [0.25, 0.3) is 0 Å². The molecule has 1 aliphatic carbocycles. The van der Waals surface area contributed by atoms with E-state index in [2.05, 4.69) is 31.4 Å². The highest BCUT2D eigenvalue weighted by atomic mass is 35.5. The predicted octanol–water partition coefficient (Wildman–Crippen LogP) is 3.91. The van der Waals surface area contributed by atoms with Gasteiger partial charge in [0.15, 0.2) is 0 Å². The molecule has 2 fully saturated rings.